The molecule has 3 nitrogen and oxygen atoms in total. The number of halogens is 1. The highest BCUT2D eigenvalue weighted by molar-refractivity contribution is 9.10. The van der Waals surface area contributed by atoms with E-state index < -0.39 is 0 Å². The number of pyridine rings is 1. The summed E-state index contributed by atoms with van der Waals surface area (Å²) >= 11 is 3.35. The van der Waals surface area contributed by atoms with E-state index in [9.17, 15) is 0 Å². The molecule has 11 heavy (non-hydrogen) atoms. The topological polar surface area (TPSA) is 38.7 Å². The molecule has 0 atom stereocenters. The van der Waals surface area contributed by atoms with Crippen molar-refractivity contribution in [3.05, 3.63) is 29.1 Å². The van der Waals surface area contributed by atoms with Crippen molar-refractivity contribution >= 4 is 26.8 Å². The second-order valence-electron chi connectivity index (χ2n) is 2.09. The van der Waals surface area contributed by atoms with E-state index in [0.29, 0.717) is 0 Å². The van der Waals surface area contributed by atoms with Gasteiger partial charge in [-0.3, -0.25) is 4.98 Å². The van der Waals surface area contributed by atoms with Crippen LogP contribution in [0.2, 0.25) is 0 Å². The van der Waals surface area contributed by atoms with Crippen molar-refractivity contribution in [1.82, 2.24) is 15.2 Å². The Labute approximate surface area is 71.6 Å². The fraction of sp³-hybridized carbons (Fsp3) is 0. The highest BCUT2D eigenvalue weighted by Crippen LogP contribution is 2.18. The van der Waals surface area contributed by atoms with Gasteiger partial charge in [0.25, 0.3) is 0 Å². The van der Waals surface area contributed by atoms with Crippen LogP contribution in [-0.2, 0) is 0 Å². The largest absolute Gasteiger partial charge is 0.264 e. The molecule has 0 radical (unpaired) electrons. The number of hydrogen-bond donors (Lipinski definition) is 0. The van der Waals surface area contributed by atoms with Gasteiger partial charge < -0.3 is 0 Å². The molecule has 0 amide bonds. The summed E-state index contributed by atoms with van der Waals surface area (Å²) < 4.78 is 0.926. The van der Waals surface area contributed by atoms with E-state index in [4.69, 9.17) is 0 Å². The lowest BCUT2D eigenvalue weighted by atomic mass is 10.3. The first-order valence-corrected chi connectivity index (χ1v) is 3.88. The SMILES string of the molecule is Brc1cnnc2ccncc12. The fourth-order valence-electron chi connectivity index (χ4n) is 0.870. The monoisotopic (exact) mass is 209 g/mol. The molecule has 0 fully saturated rings. The van der Waals surface area contributed by atoms with E-state index in [1.54, 1.807) is 18.6 Å². The maximum absolute atomic E-state index is 3.98. The standard InChI is InChI=1S/C7H4BrN3/c8-6-4-10-11-7-1-2-9-3-5(6)7/h1-4H. The van der Waals surface area contributed by atoms with Crippen molar-refractivity contribution in [2.75, 3.05) is 0 Å². The summed E-state index contributed by atoms with van der Waals surface area (Å²) in [5.41, 5.74) is 0.856. The van der Waals surface area contributed by atoms with Gasteiger partial charge in [0.1, 0.15) is 0 Å². The molecule has 2 aromatic heterocycles. The highest BCUT2D eigenvalue weighted by Gasteiger charge is 1.97. The zero-order valence-corrected chi connectivity index (χ0v) is 7.12. The van der Waals surface area contributed by atoms with Crippen molar-refractivity contribution in [2.24, 2.45) is 0 Å². The minimum Gasteiger partial charge on any atom is -0.264 e. The summed E-state index contributed by atoms with van der Waals surface area (Å²) in [7, 11) is 0. The molecule has 0 saturated carbocycles. The van der Waals surface area contributed by atoms with Gasteiger partial charge in [0.05, 0.1) is 11.7 Å². The van der Waals surface area contributed by atoms with Gasteiger partial charge in [-0.15, -0.1) is 0 Å². The molecule has 0 aliphatic carbocycles. The van der Waals surface area contributed by atoms with Crippen LogP contribution in [0.25, 0.3) is 10.9 Å². The minimum atomic E-state index is 0.856. The van der Waals surface area contributed by atoms with Crippen LogP contribution in [-0.4, -0.2) is 15.2 Å². The average Bonchev–Trinajstić information content (AvgIpc) is 2.06. The van der Waals surface area contributed by atoms with Crippen LogP contribution < -0.4 is 0 Å². The third kappa shape index (κ3) is 1.09. The van der Waals surface area contributed by atoms with Gasteiger partial charge in [-0.1, -0.05) is 0 Å². The van der Waals surface area contributed by atoms with Crippen molar-refractivity contribution in [1.29, 1.82) is 0 Å². The van der Waals surface area contributed by atoms with Gasteiger partial charge in [0.15, 0.2) is 0 Å². The van der Waals surface area contributed by atoms with Gasteiger partial charge in [-0.2, -0.15) is 10.2 Å². The van der Waals surface area contributed by atoms with Crippen molar-refractivity contribution < 1.29 is 0 Å². The van der Waals surface area contributed by atoms with E-state index >= 15 is 0 Å². The molecule has 2 rings (SSSR count). The van der Waals surface area contributed by atoms with Gasteiger partial charge in [0, 0.05) is 22.3 Å². The Balaban J connectivity index is 2.91. The maximum atomic E-state index is 3.98. The van der Waals surface area contributed by atoms with Crippen LogP contribution in [0, 0.1) is 0 Å². The van der Waals surface area contributed by atoms with Crippen LogP contribution in [0.15, 0.2) is 29.1 Å². The van der Waals surface area contributed by atoms with Crippen LogP contribution in [0.4, 0.5) is 0 Å². The minimum absolute atomic E-state index is 0.856. The Morgan fingerprint density at radius 3 is 3.00 bits per heavy atom. The summed E-state index contributed by atoms with van der Waals surface area (Å²) in [4.78, 5) is 3.98. The Bertz CT molecular complexity index is 383. The van der Waals surface area contributed by atoms with Crippen LogP contribution >= 0.6 is 15.9 Å². The van der Waals surface area contributed by atoms with E-state index in [1.807, 2.05) is 6.07 Å². The van der Waals surface area contributed by atoms with Crippen molar-refractivity contribution in [3.63, 3.8) is 0 Å². The normalized spacial score (nSPS) is 10.3. The van der Waals surface area contributed by atoms with Crippen LogP contribution in [0.3, 0.4) is 0 Å². The summed E-state index contributed by atoms with van der Waals surface area (Å²) in [5.74, 6) is 0. The third-order valence-corrected chi connectivity index (χ3v) is 2.02. The second-order valence-corrected chi connectivity index (χ2v) is 2.94. The molecule has 0 aliphatic rings. The van der Waals surface area contributed by atoms with Gasteiger partial charge in [0.2, 0.25) is 0 Å². The maximum Gasteiger partial charge on any atom is 0.0971 e. The molecule has 54 valence electrons. The summed E-state index contributed by atoms with van der Waals surface area (Å²) in [6, 6.07) is 1.83. The van der Waals surface area contributed by atoms with E-state index in [-0.39, 0.29) is 0 Å². The van der Waals surface area contributed by atoms with E-state index in [1.165, 1.54) is 0 Å². The first-order chi connectivity index (χ1) is 5.38. The summed E-state index contributed by atoms with van der Waals surface area (Å²) in [5, 5.41) is 8.70. The average molecular weight is 210 g/mol. The lowest BCUT2D eigenvalue weighted by Crippen LogP contribution is -1.84. The molecule has 0 saturated heterocycles. The smallest absolute Gasteiger partial charge is 0.0971 e. The predicted octanol–water partition coefficient (Wildman–Crippen LogP) is 1.79. The molecule has 0 bridgehead atoms. The number of rotatable bonds is 0. The second kappa shape index (κ2) is 2.54. The Hall–Kier alpha value is -1.03. The fourth-order valence-corrected chi connectivity index (χ4v) is 1.27. The Kier molecular flexibility index (Phi) is 1.54. The molecule has 0 aromatic carbocycles. The molecule has 0 spiro atoms. The van der Waals surface area contributed by atoms with Gasteiger partial charge in [-0.25, -0.2) is 0 Å². The number of hydrogen-bond acceptors (Lipinski definition) is 3. The van der Waals surface area contributed by atoms with Crippen LogP contribution in [0.5, 0.6) is 0 Å². The van der Waals surface area contributed by atoms with Crippen molar-refractivity contribution in [2.45, 2.75) is 0 Å². The molecular weight excluding hydrogens is 206 g/mol. The quantitative estimate of drug-likeness (QED) is 0.665. The molecule has 0 N–H and O–H groups in total. The van der Waals surface area contributed by atoms with Gasteiger partial charge in [-0.05, 0) is 22.0 Å². The molecule has 0 aliphatic heterocycles. The summed E-state index contributed by atoms with van der Waals surface area (Å²) in [6.07, 6.45) is 5.11. The number of aromatic nitrogens is 3. The third-order valence-electron chi connectivity index (χ3n) is 1.39. The molecular formula is C7H4BrN3. The molecule has 2 aromatic rings. The molecule has 4 heteroatoms. The lowest BCUT2D eigenvalue weighted by Gasteiger charge is -1.94. The first-order valence-electron chi connectivity index (χ1n) is 3.09. The number of fused-ring (bicyclic) bond motifs is 1. The van der Waals surface area contributed by atoms with E-state index in [0.717, 1.165) is 15.4 Å². The summed E-state index contributed by atoms with van der Waals surface area (Å²) in [6.45, 7) is 0. The lowest BCUT2D eigenvalue weighted by molar-refractivity contribution is 1.07. The van der Waals surface area contributed by atoms with Crippen molar-refractivity contribution in [3.8, 4) is 0 Å². The highest BCUT2D eigenvalue weighted by atomic mass is 79.9. The Morgan fingerprint density at radius 2 is 2.18 bits per heavy atom. The Morgan fingerprint density at radius 1 is 1.27 bits per heavy atom. The molecule has 2 heterocycles. The zero-order chi connectivity index (χ0) is 7.68. The van der Waals surface area contributed by atoms with Crippen LogP contribution in [0.1, 0.15) is 0 Å². The number of nitrogens with zero attached hydrogens (tertiary/aromatic N) is 3. The molecule has 0 unspecified atom stereocenters. The van der Waals surface area contributed by atoms with E-state index in [2.05, 4.69) is 31.1 Å². The zero-order valence-electron chi connectivity index (χ0n) is 5.53. The predicted molar refractivity (Wildman–Crippen MR) is 45.0 cm³/mol. The van der Waals surface area contributed by atoms with Gasteiger partial charge >= 0.3 is 0 Å². The first kappa shape index (κ1) is 6.67.